The molecule has 4 N–H and O–H groups in total. The van der Waals surface area contributed by atoms with E-state index < -0.39 is 12.1 Å². The third-order valence-corrected chi connectivity index (χ3v) is 6.80. The van der Waals surface area contributed by atoms with Crippen molar-refractivity contribution in [3.05, 3.63) is 99.5 Å². The third kappa shape index (κ3) is 6.23. The SMILES string of the molecule is Cc1cccc(C)c1-c1cc(OC(CN)c2ccc(Br)cc2)nc(NSc2cccc(C(=O)O)c2)n1. The summed E-state index contributed by atoms with van der Waals surface area (Å²) in [5.41, 5.74) is 11.1. The summed E-state index contributed by atoms with van der Waals surface area (Å²) in [5, 5.41) is 9.28. The summed E-state index contributed by atoms with van der Waals surface area (Å²) in [6.45, 7) is 4.34. The van der Waals surface area contributed by atoms with Gasteiger partial charge in [-0.15, -0.1) is 0 Å². The van der Waals surface area contributed by atoms with Crippen molar-refractivity contribution >= 4 is 39.8 Å². The maximum absolute atomic E-state index is 11.3. The van der Waals surface area contributed by atoms with E-state index >= 15 is 0 Å². The summed E-state index contributed by atoms with van der Waals surface area (Å²) in [7, 11) is 0. The second-order valence-electron chi connectivity index (χ2n) is 8.11. The van der Waals surface area contributed by atoms with Gasteiger partial charge in [0.25, 0.3) is 0 Å². The predicted molar refractivity (Wildman–Crippen MR) is 146 cm³/mol. The van der Waals surface area contributed by atoms with Crippen molar-refractivity contribution in [3.8, 4) is 17.1 Å². The van der Waals surface area contributed by atoms with Crippen molar-refractivity contribution in [1.82, 2.24) is 9.97 Å². The minimum Gasteiger partial charge on any atom is -0.478 e. The molecule has 3 aromatic carbocycles. The minimum atomic E-state index is -0.984. The first kappa shape index (κ1) is 25.7. The Labute approximate surface area is 222 Å². The summed E-state index contributed by atoms with van der Waals surface area (Å²) in [4.78, 5) is 21.4. The molecule has 0 fully saturated rings. The van der Waals surface area contributed by atoms with Crippen molar-refractivity contribution in [3.63, 3.8) is 0 Å². The number of rotatable bonds is 9. The largest absolute Gasteiger partial charge is 0.478 e. The van der Waals surface area contributed by atoms with Crippen LogP contribution in [0.1, 0.15) is 33.2 Å². The number of ether oxygens (including phenoxy) is 1. The lowest BCUT2D eigenvalue weighted by molar-refractivity contribution is 0.0696. The number of aryl methyl sites for hydroxylation is 2. The van der Waals surface area contributed by atoms with E-state index in [1.54, 1.807) is 18.2 Å². The lowest BCUT2D eigenvalue weighted by Crippen LogP contribution is -2.19. The highest BCUT2D eigenvalue weighted by Crippen LogP contribution is 2.31. The van der Waals surface area contributed by atoms with E-state index in [2.05, 4.69) is 25.6 Å². The van der Waals surface area contributed by atoms with E-state index in [-0.39, 0.29) is 12.1 Å². The van der Waals surface area contributed by atoms with Crippen LogP contribution < -0.4 is 15.2 Å². The van der Waals surface area contributed by atoms with Crippen LogP contribution in [0.5, 0.6) is 5.88 Å². The molecule has 0 saturated carbocycles. The summed E-state index contributed by atoms with van der Waals surface area (Å²) < 4.78 is 10.4. The zero-order valence-corrected chi connectivity index (χ0v) is 22.1. The molecular formula is C27H25BrN4O3S. The number of hydrogen-bond donors (Lipinski definition) is 3. The van der Waals surface area contributed by atoms with Crippen LogP contribution in [-0.4, -0.2) is 27.6 Å². The number of carboxylic acid groups (broad SMARTS) is 1. The number of aromatic carboxylic acids is 1. The fourth-order valence-corrected chi connectivity index (χ4v) is 4.65. The summed E-state index contributed by atoms with van der Waals surface area (Å²) in [5.74, 6) is -0.270. The first-order chi connectivity index (χ1) is 17.3. The molecule has 4 rings (SSSR count). The number of hydrogen-bond acceptors (Lipinski definition) is 7. The normalized spacial score (nSPS) is 11.7. The van der Waals surface area contributed by atoms with Crippen molar-refractivity contribution in [2.75, 3.05) is 11.3 Å². The van der Waals surface area contributed by atoms with E-state index in [1.165, 1.54) is 11.9 Å². The molecule has 1 aromatic heterocycles. The lowest BCUT2D eigenvalue weighted by Gasteiger charge is -2.19. The fraction of sp³-hybridized carbons (Fsp3) is 0.148. The first-order valence-corrected chi connectivity index (χ1v) is 12.8. The van der Waals surface area contributed by atoms with Crippen molar-refractivity contribution in [2.45, 2.75) is 24.8 Å². The highest BCUT2D eigenvalue weighted by Gasteiger charge is 2.17. The summed E-state index contributed by atoms with van der Waals surface area (Å²) in [6.07, 6.45) is -0.397. The van der Waals surface area contributed by atoms with Crippen molar-refractivity contribution in [1.29, 1.82) is 0 Å². The van der Waals surface area contributed by atoms with Crippen molar-refractivity contribution < 1.29 is 14.6 Å². The Morgan fingerprint density at radius 1 is 1.06 bits per heavy atom. The lowest BCUT2D eigenvalue weighted by atomic mass is 10.00. The molecule has 9 heteroatoms. The van der Waals surface area contributed by atoms with Gasteiger partial charge in [0.1, 0.15) is 6.10 Å². The van der Waals surface area contributed by atoms with Crippen LogP contribution in [-0.2, 0) is 0 Å². The van der Waals surface area contributed by atoms with E-state index in [1.807, 2.05) is 68.4 Å². The number of benzene rings is 3. The molecule has 0 spiro atoms. The molecule has 0 amide bonds. The van der Waals surface area contributed by atoms with E-state index in [0.717, 1.165) is 26.7 Å². The van der Waals surface area contributed by atoms with Gasteiger partial charge in [-0.3, -0.25) is 4.72 Å². The van der Waals surface area contributed by atoms with Crippen LogP contribution in [0, 0.1) is 13.8 Å². The number of nitrogens with zero attached hydrogens (tertiary/aromatic N) is 2. The molecule has 1 heterocycles. The molecule has 184 valence electrons. The maximum Gasteiger partial charge on any atom is 0.335 e. The highest BCUT2D eigenvalue weighted by atomic mass is 79.9. The maximum atomic E-state index is 11.3. The Balaban J connectivity index is 1.68. The zero-order chi connectivity index (χ0) is 25.7. The smallest absolute Gasteiger partial charge is 0.335 e. The molecule has 0 aliphatic carbocycles. The van der Waals surface area contributed by atoms with E-state index in [9.17, 15) is 9.90 Å². The summed E-state index contributed by atoms with van der Waals surface area (Å²) in [6, 6.07) is 22.3. The molecule has 7 nitrogen and oxygen atoms in total. The standard InChI is InChI=1S/C27H25BrN4O3S/c1-16-5-3-6-17(2)25(16)22-14-24(35-23(15-29)18-9-11-20(28)12-10-18)31-27(30-22)32-36-21-8-4-7-19(13-21)26(33)34/h3-14,23H,15,29H2,1-2H3,(H,33,34)(H,30,31,32). The van der Waals surface area contributed by atoms with Crippen LogP contribution in [0.4, 0.5) is 5.95 Å². The van der Waals surface area contributed by atoms with Gasteiger partial charge < -0.3 is 15.6 Å². The quantitative estimate of drug-likeness (QED) is 0.200. The third-order valence-electron chi connectivity index (χ3n) is 5.50. The van der Waals surface area contributed by atoms with Gasteiger partial charge in [-0.25, -0.2) is 9.78 Å². The Kier molecular flexibility index (Phi) is 8.25. The topological polar surface area (TPSA) is 110 Å². The molecule has 0 saturated heterocycles. The molecule has 0 aliphatic heterocycles. The molecule has 4 aromatic rings. The molecular weight excluding hydrogens is 540 g/mol. The number of nitrogens with one attached hydrogen (secondary N) is 1. The number of carboxylic acids is 1. The number of nitrogens with two attached hydrogens (primary N) is 1. The van der Waals surface area contributed by atoms with Gasteiger partial charge in [-0.2, -0.15) is 4.98 Å². The number of halogens is 1. The van der Waals surface area contributed by atoms with Crippen LogP contribution in [0.15, 0.2) is 82.2 Å². The van der Waals surface area contributed by atoms with Gasteiger partial charge in [0.2, 0.25) is 11.8 Å². The second-order valence-corrected chi connectivity index (χ2v) is 9.91. The van der Waals surface area contributed by atoms with Crippen LogP contribution >= 0.6 is 27.9 Å². The van der Waals surface area contributed by atoms with Gasteiger partial charge >= 0.3 is 5.97 Å². The molecule has 0 bridgehead atoms. The number of carbonyl (C=O) groups is 1. The van der Waals surface area contributed by atoms with Gasteiger partial charge in [0.15, 0.2) is 0 Å². The number of aromatic nitrogens is 2. The highest BCUT2D eigenvalue weighted by molar-refractivity contribution is 9.10. The second kappa shape index (κ2) is 11.6. The molecule has 1 unspecified atom stereocenters. The Bertz CT molecular complexity index is 1360. The van der Waals surface area contributed by atoms with Gasteiger partial charge in [0, 0.05) is 27.5 Å². The Hall–Kier alpha value is -3.40. The fourth-order valence-electron chi connectivity index (χ4n) is 3.75. The van der Waals surface area contributed by atoms with E-state index in [4.69, 9.17) is 15.5 Å². The Morgan fingerprint density at radius 2 is 1.75 bits per heavy atom. The molecule has 0 radical (unpaired) electrons. The van der Waals surface area contributed by atoms with Crippen LogP contribution in [0.2, 0.25) is 0 Å². The van der Waals surface area contributed by atoms with E-state index in [0.29, 0.717) is 22.4 Å². The zero-order valence-electron chi connectivity index (χ0n) is 19.7. The molecule has 0 aliphatic rings. The van der Waals surface area contributed by atoms with Crippen LogP contribution in [0.3, 0.4) is 0 Å². The van der Waals surface area contributed by atoms with Gasteiger partial charge in [-0.05, 0) is 72.8 Å². The number of anilines is 1. The average Bonchev–Trinajstić information content (AvgIpc) is 2.87. The minimum absolute atomic E-state index is 0.205. The van der Waals surface area contributed by atoms with Crippen LogP contribution in [0.25, 0.3) is 11.3 Å². The monoisotopic (exact) mass is 564 g/mol. The Morgan fingerprint density at radius 3 is 2.42 bits per heavy atom. The molecule has 1 atom stereocenters. The van der Waals surface area contributed by atoms with Crippen molar-refractivity contribution in [2.24, 2.45) is 5.73 Å². The summed E-state index contributed by atoms with van der Waals surface area (Å²) >= 11 is 4.68. The first-order valence-electron chi connectivity index (χ1n) is 11.2. The predicted octanol–water partition coefficient (Wildman–Crippen LogP) is 6.42. The molecule has 36 heavy (non-hydrogen) atoms. The average molecular weight is 565 g/mol. The van der Waals surface area contributed by atoms with Gasteiger partial charge in [0.05, 0.1) is 11.3 Å². The van der Waals surface area contributed by atoms with Gasteiger partial charge in [-0.1, -0.05) is 52.3 Å².